The molecule has 1 saturated heterocycles. The summed E-state index contributed by atoms with van der Waals surface area (Å²) in [6.45, 7) is 3.15. The molecule has 1 aliphatic carbocycles. The second kappa shape index (κ2) is 8.94. The van der Waals surface area contributed by atoms with E-state index in [1.165, 1.54) is 0 Å². The van der Waals surface area contributed by atoms with Gasteiger partial charge in [0.05, 0.1) is 5.02 Å². The lowest BCUT2D eigenvalue weighted by atomic mass is 9.75. The van der Waals surface area contributed by atoms with Crippen molar-refractivity contribution in [3.05, 3.63) is 22.7 Å². The van der Waals surface area contributed by atoms with Gasteiger partial charge in [-0.25, -0.2) is 4.79 Å². The number of carbonyl (C=O) groups excluding carboxylic acids is 3. The van der Waals surface area contributed by atoms with E-state index in [-0.39, 0.29) is 18.4 Å². The Labute approximate surface area is 186 Å². The number of fused-ring (bicyclic) bond motifs is 1. The molecule has 9 heteroatoms. The second-order valence-electron chi connectivity index (χ2n) is 8.46. The average molecular weight is 450 g/mol. The Morgan fingerprint density at radius 2 is 2.00 bits per heavy atom. The van der Waals surface area contributed by atoms with E-state index in [9.17, 15) is 14.4 Å². The molecule has 168 valence electrons. The number of rotatable bonds is 6. The minimum Gasteiger partial charge on any atom is -0.486 e. The van der Waals surface area contributed by atoms with E-state index in [2.05, 4.69) is 17.6 Å². The van der Waals surface area contributed by atoms with Gasteiger partial charge in [0.1, 0.15) is 25.3 Å². The first kappa shape index (κ1) is 21.7. The average Bonchev–Trinajstić information content (AvgIpc) is 2.98. The molecule has 2 heterocycles. The minimum atomic E-state index is -0.828. The third-order valence-corrected chi connectivity index (χ3v) is 6.76. The van der Waals surface area contributed by atoms with Gasteiger partial charge in [-0.1, -0.05) is 24.9 Å². The number of urea groups is 1. The van der Waals surface area contributed by atoms with Gasteiger partial charge in [0.2, 0.25) is 5.91 Å². The van der Waals surface area contributed by atoms with E-state index in [0.29, 0.717) is 61.5 Å². The highest BCUT2D eigenvalue weighted by Gasteiger charge is 2.52. The highest BCUT2D eigenvalue weighted by Crippen LogP contribution is 2.39. The Kier molecular flexibility index (Phi) is 6.27. The first-order chi connectivity index (χ1) is 14.9. The first-order valence-corrected chi connectivity index (χ1v) is 11.3. The number of nitrogens with zero attached hydrogens (tertiary/aromatic N) is 1. The first-order valence-electron chi connectivity index (χ1n) is 10.9. The molecule has 8 nitrogen and oxygen atoms in total. The summed E-state index contributed by atoms with van der Waals surface area (Å²) in [6.07, 6.45) is 4.73. The number of ether oxygens (including phenoxy) is 2. The Morgan fingerprint density at radius 3 is 2.74 bits per heavy atom. The van der Waals surface area contributed by atoms with Crippen molar-refractivity contribution in [3.8, 4) is 11.5 Å². The zero-order valence-corrected chi connectivity index (χ0v) is 18.4. The van der Waals surface area contributed by atoms with Crippen LogP contribution in [-0.4, -0.2) is 54.6 Å². The maximum Gasteiger partial charge on any atom is 0.325 e. The van der Waals surface area contributed by atoms with Crippen LogP contribution < -0.4 is 20.1 Å². The number of carbonyl (C=O) groups is 3. The summed E-state index contributed by atoms with van der Waals surface area (Å²) in [7, 11) is 0. The number of hydrogen-bond donors (Lipinski definition) is 2. The van der Waals surface area contributed by atoms with Crippen LogP contribution in [0, 0.1) is 5.92 Å². The quantitative estimate of drug-likeness (QED) is 0.651. The summed E-state index contributed by atoms with van der Waals surface area (Å²) in [5, 5.41) is 6.10. The summed E-state index contributed by atoms with van der Waals surface area (Å²) in [4.78, 5) is 38.7. The van der Waals surface area contributed by atoms with Gasteiger partial charge in [0.15, 0.2) is 11.5 Å². The van der Waals surface area contributed by atoms with Crippen molar-refractivity contribution in [2.24, 2.45) is 5.92 Å². The maximum absolute atomic E-state index is 12.9. The fourth-order valence-corrected chi connectivity index (χ4v) is 4.88. The van der Waals surface area contributed by atoms with Crippen molar-refractivity contribution in [3.63, 3.8) is 0 Å². The van der Waals surface area contributed by atoms with Gasteiger partial charge in [-0.05, 0) is 55.7 Å². The molecule has 4 amide bonds. The minimum absolute atomic E-state index is 0.272. The van der Waals surface area contributed by atoms with E-state index in [1.807, 2.05) is 6.07 Å². The third kappa shape index (κ3) is 4.44. The number of benzene rings is 1. The molecule has 0 radical (unpaired) electrons. The third-order valence-electron chi connectivity index (χ3n) is 6.48. The number of nitrogens with one attached hydrogen (secondary N) is 2. The Hall–Kier alpha value is -2.48. The molecule has 4 rings (SSSR count). The van der Waals surface area contributed by atoms with E-state index >= 15 is 0 Å². The summed E-state index contributed by atoms with van der Waals surface area (Å²) >= 11 is 6.24. The summed E-state index contributed by atoms with van der Waals surface area (Å²) in [6, 6.07) is 3.16. The van der Waals surface area contributed by atoms with Crippen molar-refractivity contribution in [1.29, 1.82) is 0 Å². The van der Waals surface area contributed by atoms with Crippen molar-refractivity contribution in [1.82, 2.24) is 15.5 Å². The van der Waals surface area contributed by atoms with Gasteiger partial charge in [-0.15, -0.1) is 0 Å². The Bertz CT molecular complexity index is 882. The second-order valence-corrected chi connectivity index (χ2v) is 8.86. The molecule has 2 N–H and O–H groups in total. The summed E-state index contributed by atoms with van der Waals surface area (Å²) < 4.78 is 11.1. The fraction of sp³-hybridized carbons (Fsp3) is 0.591. The summed E-state index contributed by atoms with van der Waals surface area (Å²) in [5.74, 6) is 1.10. The van der Waals surface area contributed by atoms with Gasteiger partial charge < -0.3 is 20.1 Å². The number of imide groups is 1. The molecule has 0 unspecified atom stereocenters. The van der Waals surface area contributed by atoms with Gasteiger partial charge in [0, 0.05) is 6.54 Å². The molecule has 0 bridgehead atoms. The van der Waals surface area contributed by atoms with Crippen LogP contribution in [0.15, 0.2) is 12.1 Å². The lowest BCUT2D eigenvalue weighted by Gasteiger charge is -2.34. The molecule has 2 aliphatic heterocycles. The van der Waals surface area contributed by atoms with Crippen LogP contribution in [-0.2, 0) is 16.0 Å². The number of halogens is 1. The predicted molar refractivity (Wildman–Crippen MR) is 114 cm³/mol. The van der Waals surface area contributed by atoms with Crippen molar-refractivity contribution in [2.75, 3.05) is 26.3 Å². The molecular formula is C22H28ClN3O5. The highest BCUT2D eigenvalue weighted by atomic mass is 35.5. The Morgan fingerprint density at radius 1 is 1.26 bits per heavy atom. The monoisotopic (exact) mass is 449 g/mol. The zero-order valence-electron chi connectivity index (χ0n) is 17.7. The van der Waals surface area contributed by atoms with Gasteiger partial charge >= 0.3 is 6.03 Å². The van der Waals surface area contributed by atoms with E-state index in [4.69, 9.17) is 21.1 Å². The molecule has 0 atom stereocenters. The van der Waals surface area contributed by atoms with E-state index in [1.54, 1.807) is 6.07 Å². The van der Waals surface area contributed by atoms with Gasteiger partial charge in [0.25, 0.3) is 5.91 Å². The van der Waals surface area contributed by atoms with Gasteiger partial charge in [-0.3, -0.25) is 14.5 Å². The van der Waals surface area contributed by atoms with E-state index < -0.39 is 11.6 Å². The fourth-order valence-electron chi connectivity index (χ4n) is 4.59. The van der Waals surface area contributed by atoms with Crippen LogP contribution in [0.5, 0.6) is 11.5 Å². The molecule has 3 aliphatic rings. The SMILES string of the molecule is CCC1CCC2(CC1)NC(=O)N(CC(=O)NCCc1cc(Cl)c3c(c1)OCCO3)C2=O. The summed E-state index contributed by atoms with van der Waals surface area (Å²) in [5.41, 5.74) is 0.0709. The smallest absolute Gasteiger partial charge is 0.325 e. The lowest BCUT2D eigenvalue weighted by Crippen LogP contribution is -2.50. The van der Waals surface area contributed by atoms with Crippen molar-refractivity contribution in [2.45, 2.75) is 51.0 Å². The lowest BCUT2D eigenvalue weighted by molar-refractivity contribution is -0.136. The molecule has 31 heavy (non-hydrogen) atoms. The molecule has 1 spiro atoms. The number of amides is 4. The van der Waals surface area contributed by atoms with Crippen LogP contribution in [0.25, 0.3) is 0 Å². The van der Waals surface area contributed by atoms with Crippen molar-refractivity contribution >= 4 is 29.4 Å². The number of hydrogen-bond acceptors (Lipinski definition) is 5. The topological polar surface area (TPSA) is 97.0 Å². The standard InChI is InChI=1S/C22H28ClN3O5/c1-2-14-3-6-22(7-4-14)20(28)26(21(29)25-22)13-18(27)24-8-5-15-11-16(23)19-17(12-15)30-9-10-31-19/h11-12,14H,2-10,13H2,1H3,(H,24,27)(H,25,29). The molecular weight excluding hydrogens is 422 g/mol. The van der Waals surface area contributed by atoms with Crippen LogP contribution in [0.1, 0.15) is 44.6 Å². The Balaban J connectivity index is 1.29. The molecule has 2 fully saturated rings. The molecule has 1 aromatic carbocycles. The largest absolute Gasteiger partial charge is 0.486 e. The van der Waals surface area contributed by atoms with Crippen LogP contribution >= 0.6 is 11.6 Å². The molecule has 0 aromatic heterocycles. The molecule has 1 saturated carbocycles. The predicted octanol–water partition coefficient (Wildman–Crippen LogP) is 2.66. The normalized spacial score (nSPS) is 25.0. The van der Waals surface area contributed by atoms with Crippen molar-refractivity contribution < 1.29 is 23.9 Å². The van der Waals surface area contributed by atoms with E-state index in [0.717, 1.165) is 29.7 Å². The maximum atomic E-state index is 12.9. The highest BCUT2D eigenvalue weighted by molar-refractivity contribution is 6.32. The van der Waals surface area contributed by atoms with Gasteiger partial charge in [-0.2, -0.15) is 0 Å². The van der Waals surface area contributed by atoms with Crippen LogP contribution in [0.3, 0.4) is 0 Å². The zero-order chi connectivity index (χ0) is 22.0. The van der Waals surface area contributed by atoms with Crippen LogP contribution in [0.2, 0.25) is 5.02 Å². The molecule has 1 aromatic rings. The van der Waals surface area contributed by atoms with Crippen LogP contribution in [0.4, 0.5) is 4.79 Å².